The first-order valence-electron chi connectivity index (χ1n) is 5.51. The van der Waals surface area contributed by atoms with E-state index in [0.717, 1.165) is 13.0 Å². The van der Waals surface area contributed by atoms with E-state index in [1.807, 2.05) is 22.6 Å². The maximum atomic E-state index is 11.5. The van der Waals surface area contributed by atoms with Gasteiger partial charge < -0.3 is 9.47 Å². The lowest BCUT2D eigenvalue weighted by atomic mass is 10.3. The van der Waals surface area contributed by atoms with Crippen LogP contribution in [0.1, 0.15) is 19.8 Å². The van der Waals surface area contributed by atoms with Crippen LogP contribution in [0.15, 0.2) is 18.7 Å². The van der Waals surface area contributed by atoms with Crippen molar-refractivity contribution in [2.24, 2.45) is 0 Å². The minimum atomic E-state index is 0.0264. The molecule has 4 nitrogen and oxygen atoms in total. The number of hydrogen-bond acceptors (Lipinski definition) is 2. The van der Waals surface area contributed by atoms with Crippen LogP contribution in [-0.4, -0.2) is 32.9 Å². The zero-order valence-corrected chi connectivity index (χ0v) is 9.39. The molecule has 0 aliphatic carbocycles. The summed E-state index contributed by atoms with van der Waals surface area (Å²) >= 11 is 0. The van der Waals surface area contributed by atoms with Crippen molar-refractivity contribution in [1.29, 1.82) is 0 Å². The highest BCUT2D eigenvalue weighted by Crippen LogP contribution is 2.12. The summed E-state index contributed by atoms with van der Waals surface area (Å²) in [5.41, 5.74) is 0. The second-order valence-corrected chi connectivity index (χ2v) is 3.92. The number of aromatic nitrogens is 2. The molecule has 16 heavy (non-hydrogen) atoms. The Morgan fingerprint density at radius 1 is 1.62 bits per heavy atom. The Labute approximate surface area is 95.3 Å². The maximum absolute atomic E-state index is 11.5. The molecule has 0 bridgehead atoms. The molecule has 0 saturated carbocycles. The molecule has 84 valence electrons. The summed E-state index contributed by atoms with van der Waals surface area (Å²) < 4.78 is 1.91. The van der Waals surface area contributed by atoms with E-state index >= 15 is 0 Å². The number of nitrogens with zero attached hydrogens (tertiary/aromatic N) is 3. The van der Waals surface area contributed by atoms with Gasteiger partial charge in [-0.1, -0.05) is 11.8 Å². The van der Waals surface area contributed by atoms with Gasteiger partial charge in [0.1, 0.15) is 0 Å². The second kappa shape index (κ2) is 4.84. The lowest BCUT2D eigenvalue weighted by Crippen LogP contribution is -2.32. The standard InChI is InChI=1S/C12H15N3O/c1-11(15-8-3-5-12(15)16)4-2-7-14-9-6-13-10-14/h6,9-11H,3,5,7-8H2,1H3. The van der Waals surface area contributed by atoms with E-state index in [4.69, 9.17) is 0 Å². The number of likely N-dealkylation sites (tertiary alicyclic amines) is 1. The van der Waals surface area contributed by atoms with Crippen molar-refractivity contribution >= 4 is 5.91 Å². The van der Waals surface area contributed by atoms with Crippen molar-refractivity contribution in [3.05, 3.63) is 18.7 Å². The number of hydrogen-bond donors (Lipinski definition) is 0. The van der Waals surface area contributed by atoms with E-state index in [2.05, 4.69) is 16.8 Å². The van der Waals surface area contributed by atoms with Crippen LogP contribution in [0.2, 0.25) is 0 Å². The van der Waals surface area contributed by atoms with Gasteiger partial charge >= 0.3 is 0 Å². The molecule has 4 heteroatoms. The lowest BCUT2D eigenvalue weighted by molar-refractivity contribution is -0.128. The van der Waals surface area contributed by atoms with Gasteiger partial charge in [0, 0.05) is 25.4 Å². The van der Waals surface area contributed by atoms with Crippen molar-refractivity contribution < 1.29 is 4.79 Å². The van der Waals surface area contributed by atoms with E-state index in [9.17, 15) is 4.79 Å². The summed E-state index contributed by atoms with van der Waals surface area (Å²) in [7, 11) is 0. The molecule has 1 amide bonds. The topological polar surface area (TPSA) is 38.1 Å². The van der Waals surface area contributed by atoms with Crippen molar-refractivity contribution in [2.45, 2.75) is 32.4 Å². The molecular weight excluding hydrogens is 202 g/mol. The van der Waals surface area contributed by atoms with Gasteiger partial charge in [0.2, 0.25) is 5.91 Å². The molecule has 1 fully saturated rings. The molecule has 1 aromatic rings. The highest BCUT2D eigenvalue weighted by molar-refractivity contribution is 5.78. The van der Waals surface area contributed by atoms with Gasteiger partial charge in [-0.25, -0.2) is 4.98 Å². The predicted molar refractivity (Wildman–Crippen MR) is 60.4 cm³/mol. The quantitative estimate of drug-likeness (QED) is 0.690. The number of imidazole rings is 1. The van der Waals surface area contributed by atoms with E-state index in [1.165, 1.54) is 0 Å². The summed E-state index contributed by atoms with van der Waals surface area (Å²) in [6.45, 7) is 3.45. The fourth-order valence-electron chi connectivity index (χ4n) is 1.82. The molecule has 0 aromatic carbocycles. The first kappa shape index (κ1) is 10.7. The molecule has 0 N–H and O–H groups in total. The summed E-state index contributed by atoms with van der Waals surface area (Å²) in [4.78, 5) is 17.2. The Bertz CT molecular complexity index is 413. The summed E-state index contributed by atoms with van der Waals surface area (Å²) in [6, 6.07) is 0.0264. The highest BCUT2D eigenvalue weighted by Gasteiger charge is 2.23. The van der Waals surface area contributed by atoms with Crippen LogP contribution >= 0.6 is 0 Å². The third-order valence-electron chi connectivity index (χ3n) is 2.71. The number of carbonyl (C=O) groups excluding carboxylic acids is 1. The van der Waals surface area contributed by atoms with Crippen LogP contribution < -0.4 is 0 Å². The zero-order chi connectivity index (χ0) is 11.4. The Balaban J connectivity index is 1.89. The number of amides is 1. The largest absolute Gasteiger partial charge is 0.329 e. The first-order valence-corrected chi connectivity index (χ1v) is 5.51. The molecular formula is C12H15N3O. The summed E-state index contributed by atoms with van der Waals surface area (Å²) in [5.74, 6) is 6.39. The fraction of sp³-hybridized carbons (Fsp3) is 0.500. The first-order chi connectivity index (χ1) is 7.77. The second-order valence-electron chi connectivity index (χ2n) is 3.92. The molecule has 1 unspecified atom stereocenters. The van der Waals surface area contributed by atoms with Gasteiger partial charge in [0.15, 0.2) is 0 Å². The fourth-order valence-corrected chi connectivity index (χ4v) is 1.82. The average molecular weight is 217 g/mol. The molecule has 1 saturated heterocycles. The molecule has 1 atom stereocenters. The minimum absolute atomic E-state index is 0.0264. The maximum Gasteiger partial charge on any atom is 0.223 e. The smallest absolute Gasteiger partial charge is 0.223 e. The SMILES string of the molecule is CC(C#CCn1ccnc1)N1CCCC1=O. The van der Waals surface area contributed by atoms with E-state index in [1.54, 1.807) is 12.5 Å². The monoisotopic (exact) mass is 217 g/mol. The van der Waals surface area contributed by atoms with Crippen LogP contribution in [0, 0.1) is 11.8 Å². The van der Waals surface area contributed by atoms with E-state index < -0.39 is 0 Å². The zero-order valence-electron chi connectivity index (χ0n) is 9.39. The third-order valence-corrected chi connectivity index (χ3v) is 2.71. The van der Waals surface area contributed by atoms with E-state index in [0.29, 0.717) is 13.0 Å². The highest BCUT2D eigenvalue weighted by atomic mass is 16.2. The molecule has 1 aliphatic heterocycles. The Hall–Kier alpha value is -1.76. The van der Waals surface area contributed by atoms with Crippen molar-refractivity contribution in [1.82, 2.24) is 14.5 Å². The average Bonchev–Trinajstić information content (AvgIpc) is 2.88. The molecule has 2 heterocycles. The van der Waals surface area contributed by atoms with Crippen LogP contribution in [0.4, 0.5) is 0 Å². The predicted octanol–water partition coefficient (Wildman–Crippen LogP) is 0.897. The van der Waals surface area contributed by atoms with Crippen molar-refractivity contribution in [2.75, 3.05) is 6.54 Å². The van der Waals surface area contributed by atoms with Gasteiger partial charge in [-0.15, -0.1) is 0 Å². The van der Waals surface area contributed by atoms with Gasteiger partial charge in [-0.05, 0) is 13.3 Å². The molecule has 1 aliphatic rings. The molecule has 0 radical (unpaired) electrons. The Morgan fingerprint density at radius 2 is 2.50 bits per heavy atom. The van der Waals surface area contributed by atoms with Crippen molar-refractivity contribution in [3.63, 3.8) is 0 Å². The van der Waals surface area contributed by atoms with Gasteiger partial charge in [-0.2, -0.15) is 0 Å². The molecule has 2 rings (SSSR count). The Kier molecular flexibility index (Phi) is 3.25. The minimum Gasteiger partial charge on any atom is -0.329 e. The van der Waals surface area contributed by atoms with Crippen LogP contribution in [0.3, 0.4) is 0 Å². The van der Waals surface area contributed by atoms with Crippen molar-refractivity contribution in [3.8, 4) is 11.8 Å². The van der Waals surface area contributed by atoms with Crippen LogP contribution in [-0.2, 0) is 11.3 Å². The van der Waals surface area contributed by atoms with Crippen LogP contribution in [0.25, 0.3) is 0 Å². The Morgan fingerprint density at radius 3 is 3.12 bits per heavy atom. The lowest BCUT2D eigenvalue weighted by Gasteiger charge is -2.18. The number of rotatable bonds is 2. The van der Waals surface area contributed by atoms with Gasteiger partial charge in [0.25, 0.3) is 0 Å². The summed E-state index contributed by atoms with van der Waals surface area (Å²) in [5, 5.41) is 0. The van der Waals surface area contributed by atoms with Crippen LogP contribution in [0.5, 0.6) is 0 Å². The number of carbonyl (C=O) groups is 1. The summed E-state index contributed by atoms with van der Waals surface area (Å²) in [6.07, 6.45) is 6.98. The van der Waals surface area contributed by atoms with Gasteiger partial charge in [0.05, 0.1) is 18.9 Å². The molecule has 0 spiro atoms. The molecule has 1 aromatic heterocycles. The van der Waals surface area contributed by atoms with E-state index in [-0.39, 0.29) is 11.9 Å². The third kappa shape index (κ3) is 2.43. The van der Waals surface area contributed by atoms with Gasteiger partial charge in [-0.3, -0.25) is 4.79 Å². The normalized spacial score (nSPS) is 17.1.